The van der Waals surface area contributed by atoms with Crippen molar-refractivity contribution in [3.8, 4) is 0 Å². The number of carbonyl (C=O) groups excluding carboxylic acids is 1. The third kappa shape index (κ3) is 27.7. The van der Waals surface area contributed by atoms with Crippen LogP contribution in [0.4, 0.5) is 0 Å². The van der Waals surface area contributed by atoms with E-state index in [0.29, 0.717) is 12.0 Å². The SMILES string of the molecule is C.CC(C)(C)CCOCCO.[CH2-]C(=O)C(C)(C)C.[Y]. The molecule has 0 aliphatic heterocycles. The summed E-state index contributed by atoms with van der Waals surface area (Å²) in [5.41, 5.74) is 0.0927. The Bertz CT molecular complexity index is 202. The van der Waals surface area contributed by atoms with Crippen LogP contribution in [0.1, 0.15) is 55.4 Å². The molecular weight excluding hydrogens is 317 g/mol. The summed E-state index contributed by atoms with van der Waals surface area (Å²) in [5.74, 6) is -0.00694. The molecule has 115 valence electrons. The van der Waals surface area contributed by atoms with Gasteiger partial charge in [-0.15, -0.1) is 0 Å². The van der Waals surface area contributed by atoms with E-state index in [1.54, 1.807) is 0 Å². The van der Waals surface area contributed by atoms with Crippen molar-refractivity contribution in [1.82, 2.24) is 0 Å². The molecule has 0 aromatic heterocycles. The minimum atomic E-state index is -0.250. The monoisotopic (exact) mass is 350 g/mol. The minimum Gasteiger partial charge on any atom is -0.394 e. The van der Waals surface area contributed by atoms with Gasteiger partial charge >= 0.3 is 0 Å². The molecule has 0 heterocycles. The molecule has 0 aromatic carbocycles. The number of ether oxygens (including phenoxy) is 1. The molecule has 0 aliphatic rings. The van der Waals surface area contributed by atoms with E-state index in [1.807, 2.05) is 20.8 Å². The standard InChI is InChI=1S/C8H18O2.C6H11O.CH4.Y/c1-8(2,3)4-6-10-7-5-9;1-5(7)6(2,3)4;;/h9H,4-7H2,1-3H3;1H2,2-4H3;1H4;/q;-1;;. The molecule has 0 spiro atoms. The van der Waals surface area contributed by atoms with Crippen LogP contribution in [0.5, 0.6) is 0 Å². The van der Waals surface area contributed by atoms with E-state index < -0.39 is 0 Å². The third-order valence-electron chi connectivity index (χ3n) is 2.07. The second kappa shape index (κ2) is 13.5. The molecule has 0 rings (SSSR count). The Labute approximate surface area is 145 Å². The zero-order chi connectivity index (χ0) is 14.1. The number of aliphatic hydroxyl groups is 1. The van der Waals surface area contributed by atoms with Gasteiger partial charge in [-0.3, -0.25) is 0 Å². The molecule has 19 heavy (non-hydrogen) atoms. The van der Waals surface area contributed by atoms with Crippen LogP contribution in [0.25, 0.3) is 0 Å². The van der Waals surface area contributed by atoms with Gasteiger partial charge in [-0.2, -0.15) is 0 Å². The molecule has 0 fully saturated rings. The van der Waals surface area contributed by atoms with Crippen LogP contribution in [0.2, 0.25) is 0 Å². The van der Waals surface area contributed by atoms with Gasteiger partial charge in [0.25, 0.3) is 0 Å². The van der Waals surface area contributed by atoms with Crippen molar-refractivity contribution < 1.29 is 47.3 Å². The molecule has 0 aliphatic carbocycles. The number of hydrogen-bond donors (Lipinski definition) is 1. The second-order valence-corrected chi connectivity index (χ2v) is 6.32. The molecule has 4 heteroatoms. The Hall–Kier alpha value is 0.564. The largest absolute Gasteiger partial charge is 0.394 e. The third-order valence-corrected chi connectivity index (χ3v) is 2.07. The van der Waals surface area contributed by atoms with Gasteiger partial charge in [0, 0.05) is 45.1 Å². The first kappa shape index (κ1) is 27.8. The Morgan fingerprint density at radius 2 is 1.47 bits per heavy atom. The summed E-state index contributed by atoms with van der Waals surface area (Å²) in [6, 6.07) is 0. The average molecular weight is 350 g/mol. The fourth-order valence-electron chi connectivity index (χ4n) is 0.545. The maximum atomic E-state index is 10.4. The number of carbonyl (C=O) groups is 1. The van der Waals surface area contributed by atoms with E-state index in [0.717, 1.165) is 13.0 Å². The fraction of sp³-hybridized carbons (Fsp3) is 0.867. The van der Waals surface area contributed by atoms with Crippen LogP contribution in [-0.4, -0.2) is 30.7 Å². The normalized spacial score (nSPS) is 10.5. The van der Waals surface area contributed by atoms with Crippen molar-refractivity contribution in [3.05, 3.63) is 6.92 Å². The van der Waals surface area contributed by atoms with Crippen LogP contribution in [0.15, 0.2) is 0 Å². The van der Waals surface area contributed by atoms with Gasteiger partial charge in [0.1, 0.15) is 0 Å². The number of ketones is 1. The average Bonchev–Trinajstić information content (AvgIpc) is 2.10. The van der Waals surface area contributed by atoms with Crippen molar-refractivity contribution in [2.45, 2.75) is 55.4 Å². The van der Waals surface area contributed by atoms with Gasteiger partial charge in [-0.1, -0.05) is 49.0 Å². The van der Waals surface area contributed by atoms with Gasteiger partial charge in [-0.25, -0.2) is 0 Å². The Morgan fingerprint density at radius 1 is 1.11 bits per heavy atom. The first-order valence-corrected chi connectivity index (χ1v) is 6.05. The Balaban J connectivity index is -0.000000112. The van der Waals surface area contributed by atoms with Crippen molar-refractivity contribution >= 4 is 5.78 Å². The molecule has 0 bridgehead atoms. The summed E-state index contributed by atoms with van der Waals surface area (Å²) in [6.07, 6.45) is 1.05. The molecule has 0 atom stereocenters. The minimum absolute atomic E-state index is 0. The molecule has 0 saturated heterocycles. The molecule has 1 radical (unpaired) electrons. The Morgan fingerprint density at radius 3 is 1.68 bits per heavy atom. The number of hydrogen-bond acceptors (Lipinski definition) is 3. The summed E-state index contributed by atoms with van der Waals surface area (Å²) in [6.45, 7) is 16.7. The predicted molar refractivity (Wildman–Crippen MR) is 78.5 cm³/mol. The molecular formula is C15H33O3Y-. The summed E-state index contributed by atoms with van der Waals surface area (Å²) in [4.78, 5) is 10.4. The van der Waals surface area contributed by atoms with Crippen LogP contribution >= 0.6 is 0 Å². The summed E-state index contributed by atoms with van der Waals surface area (Å²) < 4.78 is 5.11. The van der Waals surface area contributed by atoms with Crippen molar-refractivity contribution in [3.63, 3.8) is 0 Å². The van der Waals surface area contributed by atoms with Crippen LogP contribution < -0.4 is 0 Å². The second-order valence-electron chi connectivity index (χ2n) is 6.32. The fourth-order valence-corrected chi connectivity index (χ4v) is 0.545. The zero-order valence-electron chi connectivity index (χ0n) is 12.9. The first-order valence-electron chi connectivity index (χ1n) is 6.05. The first-order chi connectivity index (χ1) is 7.50. The van der Waals surface area contributed by atoms with Gasteiger partial charge in [0.2, 0.25) is 0 Å². The van der Waals surface area contributed by atoms with E-state index in [2.05, 4.69) is 27.7 Å². The van der Waals surface area contributed by atoms with Gasteiger partial charge in [-0.05, 0) is 17.3 Å². The smallest absolute Gasteiger partial charge is 0.0697 e. The maximum absolute atomic E-state index is 10.4. The molecule has 0 aromatic rings. The maximum Gasteiger partial charge on any atom is 0.0697 e. The van der Waals surface area contributed by atoms with Crippen LogP contribution in [-0.2, 0) is 42.2 Å². The van der Waals surface area contributed by atoms with E-state index in [-0.39, 0.29) is 57.9 Å². The van der Waals surface area contributed by atoms with Crippen LogP contribution in [0.3, 0.4) is 0 Å². The van der Waals surface area contributed by atoms with E-state index in [4.69, 9.17) is 9.84 Å². The summed E-state index contributed by atoms with van der Waals surface area (Å²) in [5, 5.41) is 8.37. The number of rotatable bonds is 4. The van der Waals surface area contributed by atoms with Gasteiger partial charge in [0.15, 0.2) is 0 Å². The molecule has 1 N–H and O–H groups in total. The van der Waals surface area contributed by atoms with Crippen LogP contribution in [0, 0.1) is 17.8 Å². The van der Waals surface area contributed by atoms with E-state index in [1.165, 1.54) is 0 Å². The zero-order valence-corrected chi connectivity index (χ0v) is 15.7. The topological polar surface area (TPSA) is 46.5 Å². The van der Waals surface area contributed by atoms with Crippen molar-refractivity contribution in [1.29, 1.82) is 0 Å². The molecule has 0 saturated carbocycles. The number of Topliss-reactive ketones (excluding diaryl/α,β-unsaturated/α-hetero) is 1. The molecule has 3 nitrogen and oxygen atoms in total. The predicted octanol–water partition coefficient (Wildman–Crippen LogP) is 3.50. The van der Waals surface area contributed by atoms with Crippen molar-refractivity contribution in [2.24, 2.45) is 10.8 Å². The van der Waals surface area contributed by atoms with Gasteiger partial charge < -0.3 is 21.6 Å². The van der Waals surface area contributed by atoms with E-state index >= 15 is 0 Å². The summed E-state index contributed by atoms with van der Waals surface area (Å²) >= 11 is 0. The van der Waals surface area contributed by atoms with Gasteiger partial charge in [0.05, 0.1) is 13.2 Å². The quantitative estimate of drug-likeness (QED) is 0.624. The molecule has 0 amide bonds. The Kier molecular flexibility index (Phi) is 19.8. The van der Waals surface area contributed by atoms with E-state index in [9.17, 15) is 4.79 Å². The van der Waals surface area contributed by atoms with Crippen molar-refractivity contribution in [2.75, 3.05) is 19.8 Å². The molecule has 0 unspecified atom stereocenters. The number of aliphatic hydroxyl groups excluding tert-OH is 1. The summed E-state index contributed by atoms with van der Waals surface area (Å²) in [7, 11) is 0.